The lowest BCUT2D eigenvalue weighted by molar-refractivity contribution is 0.0547. The second-order valence-electron chi connectivity index (χ2n) is 4.84. The molecule has 3 nitrogen and oxygen atoms in total. The molecule has 1 saturated heterocycles. The highest BCUT2D eigenvalue weighted by Gasteiger charge is 2.13. The predicted octanol–water partition coefficient (Wildman–Crippen LogP) is 3.39. The van der Waals surface area contributed by atoms with Gasteiger partial charge in [-0.2, -0.15) is 0 Å². The molecule has 1 unspecified atom stereocenters. The van der Waals surface area contributed by atoms with Gasteiger partial charge in [0.25, 0.3) is 0 Å². The molecule has 0 spiro atoms. The molecule has 0 aliphatic carbocycles. The summed E-state index contributed by atoms with van der Waals surface area (Å²) in [5.41, 5.74) is 1.14. The van der Waals surface area contributed by atoms with Crippen molar-refractivity contribution in [3.8, 4) is 9.88 Å². The monoisotopic (exact) mass is 294 g/mol. The van der Waals surface area contributed by atoms with Gasteiger partial charge < -0.3 is 10.1 Å². The van der Waals surface area contributed by atoms with Crippen LogP contribution < -0.4 is 5.32 Å². The van der Waals surface area contributed by atoms with Gasteiger partial charge >= 0.3 is 0 Å². The molecule has 0 bridgehead atoms. The highest BCUT2D eigenvalue weighted by molar-refractivity contribution is 7.20. The van der Waals surface area contributed by atoms with E-state index in [-0.39, 0.29) is 0 Å². The van der Waals surface area contributed by atoms with Gasteiger partial charge in [0.15, 0.2) is 0 Å². The topological polar surface area (TPSA) is 34.2 Å². The lowest BCUT2D eigenvalue weighted by Crippen LogP contribution is -2.28. The zero-order valence-corrected chi connectivity index (χ0v) is 12.4. The van der Waals surface area contributed by atoms with Crippen molar-refractivity contribution >= 4 is 22.7 Å². The molecule has 19 heavy (non-hydrogen) atoms. The maximum atomic E-state index is 5.49. The van der Waals surface area contributed by atoms with E-state index in [1.807, 2.05) is 0 Å². The van der Waals surface area contributed by atoms with Crippen molar-refractivity contribution in [3.05, 3.63) is 28.6 Å². The van der Waals surface area contributed by atoms with Crippen LogP contribution in [0.2, 0.25) is 0 Å². The second kappa shape index (κ2) is 6.61. The molecule has 1 N–H and O–H groups in total. The molecule has 1 fully saturated rings. The van der Waals surface area contributed by atoms with Crippen molar-refractivity contribution in [2.24, 2.45) is 5.92 Å². The van der Waals surface area contributed by atoms with Crippen molar-refractivity contribution in [2.75, 3.05) is 19.8 Å². The Labute approximate surface area is 121 Å². The van der Waals surface area contributed by atoms with Gasteiger partial charge in [-0.05, 0) is 30.2 Å². The fourth-order valence-corrected chi connectivity index (χ4v) is 3.91. The molecule has 0 radical (unpaired) electrons. The normalized spacial score (nSPS) is 19.7. The molecule has 1 aliphatic heterocycles. The average molecular weight is 294 g/mol. The predicted molar refractivity (Wildman–Crippen MR) is 80.7 cm³/mol. The van der Waals surface area contributed by atoms with Gasteiger partial charge in [-0.3, -0.25) is 0 Å². The third-order valence-corrected chi connectivity index (χ3v) is 5.21. The van der Waals surface area contributed by atoms with Crippen molar-refractivity contribution in [2.45, 2.75) is 19.4 Å². The first-order valence-electron chi connectivity index (χ1n) is 6.68. The molecule has 1 atom stereocenters. The molecule has 3 heterocycles. The molecule has 2 aromatic heterocycles. The Morgan fingerprint density at radius 2 is 2.42 bits per heavy atom. The maximum absolute atomic E-state index is 5.49. The van der Waals surface area contributed by atoms with E-state index in [1.54, 1.807) is 22.7 Å². The SMILES string of the molecule is c1csc(-c2nc(CNCC3CCCOC3)cs2)c1. The zero-order valence-electron chi connectivity index (χ0n) is 10.8. The molecule has 0 aromatic carbocycles. The number of hydrogen-bond acceptors (Lipinski definition) is 5. The third kappa shape index (κ3) is 3.63. The smallest absolute Gasteiger partial charge is 0.133 e. The molecule has 1 aliphatic rings. The van der Waals surface area contributed by atoms with Crippen molar-refractivity contribution in [3.63, 3.8) is 0 Å². The standard InChI is InChI=1S/C14H18N2OS2/c1-3-11(9-17-5-1)7-15-8-12-10-19-14(16-12)13-4-2-6-18-13/h2,4,6,10-11,15H,1,3,5,7-9H2. The van der Waals surface area contributed by atoms with E-state index in [2.05, 4.69) is 33.2 Å². The summed E-state index contributed by atoms with van der Waals surface area (Å²) in [6.45, 7) is 3.74. The second-order valence-corrected chi connectivity index (χ2v) is 6.64. The molecule has 0 amide bonds. The molecule has 3 rings (SSSR count). The number of rotatable bonds is 5. The summed E-state index contributed by atoms with van der Waals surface area (Å²) in [6.07, 6.45) is 2.48. The Morgan fingerprint density at radius 1 is 1.42 bits per heavy atom. The van der Waals surface area contributed by atoms with E-state index in [0.717, 1.165) is 37.0 Å². The van der Waals surface area contributed by atoms with Crippen LogP contribution in [0.15, 0.2) is 22.9 Å². The van der Waals surface area contributed by atoms with E-state index < -0.39 is 0 Å². The van der Waals surface area contributed by atoms with Crippen LogP contribution in [0.25, 0.3) is 9.88 Å². The molecule has 0 saturated carbocycles. The minimum atomic E-state index is 0.671. The van der Waals surface area contributed by atoms with Crippen molar-refractivity contribution in [1.82, 2.24) is 10.3 Å². The fourth-order valence-electron chi connectivity index (χ4n) is 2.27. The van der Waals surface area contributed by atoms with Crippen LogP contribution in [-0.4, -0.2) is 24.7 Å². The van der Waals surface area contributed by atoms with Crippen LogP contribution in [-0.2, 0) is 11.3 Å². The van der Waals surface area contributed by atoms with Gasteiger partial charge in [-0.1, -0.05) is 6.07 Å². The van der Waals surface area contributed by atoms with E-state index in [4.69, 9.17) is 4.74 Å². The summed E-state index contributed by atoms with van der Waals surface area (Å²) in [5.74, 6) is 0.671. The summed E-state index contributed by atoms with van der Waals surface area (Å²) in [5, 5.41) is 8.88. The van der Waals surface area contributed by atoms with Crippen LogP contribution >= 0.6 is 22.7 Å². The Balaban J connectivity index is 1.48. The Bertz CT molecular complexity index is 489. The molecule has 2 aromatic rings. The Hall–Kier alpha value is -0.750. The van der Waals surface area contributed by atoms with E-state index >= 15 is 0 Å². The van der Waals surface area contributed by atoms with Gasteiger partial charge in [0.2, 0.25) is 0 Å². The fraction of sp³-hybridized carbons (Fsp3) is 0.500. The Morgan fingerprint density at radius 3 is 3.21 bits per heavy atom. The summed E-state index contributed by atoms with van der Waals surface area (Å²) in [4.78, 5) is 5.93. The maximum Gasteiger partial charge on any atom is 0.133 e. The van der Waals surface area contributed by atoms with Gasteiger partial charge in [0.1, 0.15) is 5.01 Å². The number of nitrogens with one attached hydrogen (secondary N) is 1. The number of aromatic nitrogens is 1. The summed E-state index contributed by atoms with van der Waals surface area (Å²) < 4.78 is 5.49. The van der Waals surface area contributed by atoms with Gasteiger partial charge in [-0.15, -0.1) is 22.7 Å². The highest BCUT2D eigenvalue weighted by Crippen LogP contribution is 2.27. The van der Waals surface area contributed by atoms with Crippen LogP contribution in [0.3, 0.4) is 0 Å². The molecular weight excluding hydrogens is 276 g/mol. The molecule has 102 valence electrons. The number of ether oxygens (including phenoxy) is 1. The summed E-state index contributed by atoms with van der Waals surface area (Å²) >= 11 is 3.47. The summed E-state index contributed by atoms with van der Waals surface area (Å²) in [6, 6.07) is 4.20. The van der Waals surface area contributed by atoms with Gasteiger partial charge in [-0.25, -0.2) is 4.98 Å². The number of hydrogen-bond donors (Lipinski definition) is 1. The highest BCUT2D eigenvalue weighted by atomic mass is 32.1. The quantitative estimate of drug-likeness (QED) is 0.918. The molecular formula is C14H18N2OS2. The minimum absolute atomic E-state index is 0.671. The van der Waals surface area contributed by atoms with Crippen molar-refractivity contribution < 1.29 is 4.74 Å². The number of thiazole rings is 1. The average Bonchev–Trinajstić information content (AvgIpc) is 3.10. The Kier molecular flexibility index (Phi) is 4.61. The number of thiophene rings is 1. The minimum Gasteiger partial charge on any atom is -0.381 e. The van der Waals surface area contributed by atoms with Crippen LogP contribution in [0, 0.1) is 5.92 Å². The first-order valence-corrected chi connectivity index (χ1v) is 8.44. The lowest BCUT2D eigenvalue weighted by Gasteiger charge is -2.22. The van der Waals surface area contributed by atoms with E-state index in [1.165, 1.54) is 17.7 Å². The largest absolute Gasteiger partial charge is 0.381 e. The van der Waals surface area contributed by atoms with Gasteiger partial charge in [0, 0.05) is 25.1 Å². The van der Waals surface area contributed by atoms with E-state index in [9.17, 15) is 0 Å². The summed E-state index contributed by atoms with van der Waals surface area (Å²) in [7, 11) is 0. The van der Waals surface area contributed by atoms with Crippen molar-refractivity contribution in [1.29, 1.82) is 0 Å². The van der Waals surface area contributed by atoms with Crippen LogP contribution in [0.4, 0.5) is 0 Å². The first kappa shape index (κ1) is 13.2. The van der Waals surface area contributed by atoms with Crippen LogP contribution in [0.1, 0.15) is 18.5 Å². The van der Waals surface area contributed by atoms with Crippen LogP contribution in [0.5, 0.6) is 0 Å². The lowest BCUT2D eigenvalue weighted by atomic mass is 10.0. The zero-order chi connectivity index (χ0) is 12.9. The molecule has 5 heteroatoms. The third-order valence-electron chi connectivity index (χ3n) is 3.28. The number of nitrogens with zero attached hydrogens (tertiary/aromatic N) is 1. The van der Waals surface area contributed by atoms with E-state index in [0.29, 0.717) is 5.92 Å². The first-order chi connectivity index (χ1) is 9.42. The van der Waals surface area contributed by atoms with Gasteiger partial charge in [0.05, 0.1) is 17.2 Å².